The molecule has 14 heavy (non-hydrogen) atoms. The van der Waals surface area contributed by atoms with E-state index in [-0.39, 0.29) is 6.61 Å². The van der Waals surface area contributed by atoms with Crippen molar-refractivity contribution in [2.45, 2.75) is 45.4 Å². The first-order valence-electron chi connectivity index (χ1n) is 4.58. The molecule has 0 aliphatic rings. The van der Waals surface area contributed by atoms with Crippen molar-refractivity contribution in [2.75, 3.05) is 6.61 Å². The summed E-state index contributed by atoms with van der Waals surface area (Å²) in [5, 5.41) is 0. The number of unbranched alkanes of at least 4 members (excludes halogenated alkanes) is 2. The van der Waals surface area contributed by atoms with Crippen LogP contribution in [0.25, 0.3) is 0 Å². The van der Waals surface area contributed by atoms with Gasteiger partial charge in [-0.2, -0.15) is 13.2 Å². The molecule has 1 atom stereocenters. The van der Waals surface area contributed by atoms with Crippen LogP contribution in [0.1, 0.15) is 33.1 Å². The Kier molecular flexibility index (Phi) is 5.76. The fourth-order valence-corrected chi connectivity index (χ4v) is 0.996. The zero-order valence-corrected chi connectivity index (χ0v) is 8.36. The summed E-state index contributed by atoms with van der Waals surface area (Å²) in [6.45, 7) is 2.81. The van der Waals surface area contributed by atoms with Crippen molar-refractivity contribution in [3.8, 4) is 0 Å². The van der Waals surface area contributed by atoms with Crippen molar-refractivity contribution in [2.24, 2.45) is 0 Å². The van der Waals surface area contributed by atoms with Crippen molar-refractivity contribution < 1.29 is 22.7 Å². The molecule has 0 aromatic heterocycles. The van der Waals surface area contributed by atoms with Gasteiger partial charge in [0.25, 0.3) is 0 Å². The molecule has 0 saturated carbocycles. The Bertz CT molecular complexity index is 177. The lowest BCUT2D eigenvalue weighted by molar-refractivity contribution is -0.216. The molecule has 0 aromatic rings. The Morgan fingerprint density at radius 2 is 1.93 bits per heavy atom. The fraction of sp³-hybridized carbons (Fsp3) is 0.889. The van der Waals surface area contributed by atoms with E-state index in [1.165, 1.54) is 0 Å². The monoisotopic (exact) mass is 212 g/mol. The van der Waals surface area contributed by atoms with Gasteiger partial charge < -0.3 is 4.74 Å². The first-order valence-corrected chi connectivity index (χ1v) is 4.58. The van der Waals surface area contributed by atoms with Crippen LogP contribution >= 0.6 is 0 Å². The quantitative estimate of drug-likeness (QED) is 0.633. The lowest BCUT2D eigenvalue weighted by Gasteiger charge is -2.17. The standard InChI is InChI=1S/C9H15F3O2/c1-3-4-5-6-14-8(7(2)13)9(10,11)12/h8H,3-6H2,1-2H3. The van der Waals surface area contributed by atoms with Gasteiger partial charge in [-0.15, -0.1) is 0 Å². The molecule has 0 aromatic carbocycles. The largest absolute Gasteiger partial charge is 0.421 e. The van der Waals surface area contributed by atoms with Gasteiger partial charge in [-0.3, -0.25) is 4.79 Å². The topological polar surface area (TPSA) is 26.3 Å². The zero-order chi connectivity index (χ0) is 11.2. The predicted octanol–water partition coefficient (Wildman–Crippen LogP) is 2.71. The Labute approximate surface area is 81.4 Å². The summed E-state index contributed by atoms with van der Waals surface area (Å²) in [6, 6.07) is 0. The van der Waals surface area contributed by atoms with Gasteiger partial charge in [-0.25, -0.2) is 0 Å². The van der Waals surface area contributed by atoms with Crippen LogP contribution in [0.2, 0.25) is 0 Å². The predicted molar refractivity (Wildman–Crippen MR) is 46.0 cm³/mol. The number of alkyl halides is 3. The molecule has 1 unspecified atom stereocenters. The van der Waals surface area contributed by atoms with Crippen LogP contribution in [0.3, 0.4) is 0 Å². The first kappa shape index (κ1) is 13.4. The van der Waals surface area contributed by atoms with Gasteiger partial charge in [0, 0.05) is 6.61 Å². The highest BCUT2D eigenvalue weighted by molar-refractivity contribution is 5.81. The van der Waals surface area contributed by atoms with Crippen LogP contribution in [0, 0.1) is 0 Å². The van der Waals surface area contributed by atoms with Crippen LogP contribution in [0.5, 0.6) is 0 Å². The second-order valence-corrected chi connectivity index (χ2v) is 3.11. The van der Waals surface area contributed by atoms with Crippen molar-refractivity contribution in [1.82, 2.24) is 0 Å². The van der Waals surface area contributed by atoms with E-state index in [1.807, 2.05) is 6.92 Å². The van der Waals surface area contributed by atoms with E-state index in [0.717, 1.165) is 19.8 Å². The summed E-state index contributed by atoms with van der Waals surface area (Å²) in [7, 11) is 0. The smallest absolute Gasteiger partial charge is 0.361 e. The molecule has 2 nitrogen and oxygen atoms in total. The van der Waals surface area contributed by atoms with E-state index in [1.54, 1.807) is 0 Å². The van der Waals surface area contributed by atoms with Crippen LogP contribution in [0.4, 0.5) is 13.2 Å². The fourth-order valence-electron chi connectivity index (χ4n) is 0.996. The minimum atomic E-state index is -4.59. The highest BCUT2D eigenvalue weighted by Gasteiger charge is 2.43. The highest BCUT2D eigenvalue weighted by Crippen LogP contribution is 2.23. The maximum absolute atomic E-state index is 12.1. The van der Waals surface area contributed by atoms with E-state index in [2.05, 4.69) is 4.74 Å². The minimum absolute atomic E-state index is 0.0163. The molecule has 0 saturated heterocycles. The molecule has 0 aliphatic heterocycles. The Hall–Kier alpha value is -0.580. The summed E-state index contributed by atoms with van der Waals surface area (Å²) >= 11 is 0. The molecule has 0 N–H and O–H groups in total. The maximum atomic E-state index is 12.1. The number of ketones is 1. The SMILES string of the molecule is CCCCCOC(C(C)=O)C(F)(F)F. The molecular weight excluding hydrogens is 197 g/mol. The summed E-state index contributed by atoms with van der Waals surface area (Å²) in [5.74, 6) is -0.992. The molecular formula is C9H15F3O2. The normalized spacial score (nSPS) is 14.1. The van der Waals surface area contributed by atoms with E-state index in [4.69, 9.17) is 0 Å². The third-order valence-corrected chi connectivity index (χ3v) is 1.70. The Morgan fingerprint density at radius 3 is 2.29 bits per heavy atom. The number of rotatable bonds is 6. The Morgan fingerprint density at radius 1 is 1.36 bits per heavy atom. The van der Waals surface area contributed by atoms with Crippen LogP contribution in [0.15, 0.2) is 0 Å². The number of carbonyl (C=O) groups excluding carboxylic acids is 1. The number of carbonyl (C=O) groups is 1. The molecule has 0 aliphatic carbocycles. The number of hydrogen-bond acceptors (Lipinski definition) is 2. The molecule has 0 spiro atoms. The average Bonchev–Trinajstić information content (AvgIpc) is 2.01. The lowest BCUT2D eigenvalue weighted by atomic mass is 10.2. The lowest BCUT2D eigenvalue weighted by Crippen LogP contribution is -2.38. The number of halogens is 3. The average molecular weight is 212 g/mol. The van der Waals surface area contributed by atoms with E-state index < -0.39 is 18.1 Å². The molecule has 0 fully saturated rings. The molecule has 0 heterocycles. The third-order valence-electron chi connectivity index (χ3n) is 1.70. The molecule has 5 heteroatoms. The maximum Gasteiger partial charge on any atom is 0.421 e. The second kappa shape index (κ2) is 6.01. The summed E-state index contributed by atoms with van der Waals surface area (Å²) in [5.41, 5.74) is 0. The second-order valence-electron chi connectivity index (χ2n) is 3.11. The van der Waals surface area contributed by atoms with E-state index >= 15 is 0 Å². The number of ether oxygens (including phenoxy) is 1. The van der Waals surface area contributed by atoms with Crippen molar-refractivity contribution in [1.29, 1.82) is 0 Å². The van der Waals surface area contributed by atoms with Crippen LogP contribution < -0.4 is 0 Å². The molecule has 0 rings (SSSR count). The van der Waals surface area contributed by atoms with Crippen molar-refractivity contribution >= 4 is 5.78 Å². The summed E-state index contributed by atoms with van der Waals surface area (Å²) < 4.78 is 40.9. The van der Waals surface area contributed by atoms with Crippen LogP contribution in [-0.4, -0.2) is 24.7 Å². The summed E-state index contributed by atoms with van der Waals surface area (Å²) in [6.07, 6.45) is -4.57. The molecule has 0 radical (unpaired) electrons. The van der Waals surface area contributed by atoms with E-state index in [9.17, 15) is 18.0 Å². The van der Waals surface area contributed by atoms with E-state index in [0.29, 0.717) is 6.42 Å². The van der Waals surface area contributed by atoms with Crippen molar-refractivity contribution in [3.63, 3.8) is 0 Å². The third kappa shape index (κ3) is 5.21. The van der Waals surface area contributed by atoms with Gasteiger partial charge in [-0.1, -0.05) is 19.8 Å². The molecule has 0 amide bonds. The van der Waals surface area contributed by atoms with Crippen molar-refractivity contribution in [3.05, 3.63) is 0 Å². The first-order chi connectivity index (χ1) is 6.39. The highest BCUT2D eigenvalue weighted by atomic mass is 19.4. The molecule has 0 bridgehead atoms. The minimum Gasteiger partial charge on any atom is -0.361 e. The molecule has 84 valence electrons. The Balaban J connectivity index is 3.94. The zero-order valence-electron chi connectivity index (χ0n) is 8.36. The van der Waals surface area contributed by atoms with Gasteiger partial charge in [0.05, 0.1) is 0 Å². The number of Topliss-reactive ketones (excluding diaryl/α,β-unsaturated/α-hetero) is 1. The van der Waals surface area contributed by atoms with Gasteiger partial charge in [0.15, 0.2) is 5.78 Å². The van der Waals surface area contributed by atoms with Gasteiger partial charge in [-0.05, 0) is 13.3 Å². The van der Waals surface area contributed by atoms with Crippen LogP contribution in [-0.2, 0) is 9.53 Å². The van der Waals surface area contributed by atoms with Gasteiger partial charge in [0.2, 0.25) is 6.10 Å². The van der Waals surface area contributed by atoms with Gasteiger partial charge >= 0.3 is 6.18 Å². The number of hydrogen-bond donors (Lipinski definition) is 0. The van der Waals surface area contributed by atoms with Gasteiger partial charge in [0.1, 0.15) is 0 Å². The summed E-state index contributed by atoms with van der Waals surface area (Å²) in [4.78, 5) is 10.6.